The zero-order valence-electron chi connectivity index (χ0n) is 14.3. The molecule has 8 nitrogen and oxygen atoms in total. The molecule has 1 aromatic rings. The Kier molecular flexibility index (Phi) is 7.36. The molecule has 2 aliphatic heterocycles. The number of aliphatic hydroxyl groups excluding tert-OH is 1. The Balaban J connectivity index is 0.00000243. The van der Waals surface area contributed by atoms with Crippen LogP contribution in [0.4, 0.5) is 0 Å². The number of primary amides is 1. The van der Waals surface area contributed by atoms with E-state index in [1.54, 1.807) is 5.06 Å². The third kappa shape index (κ3) is 4.52. The van der Waals surface area contributed by atoms with Crippen molar-refractivity contribution in [2.24, 2.45) is 5.73 Å². The molecule has 0 saturated carbocycles. The second kappa shape index (κ2) is 9.29. The Morgan fingerprint density at radius 1 is 1.23 bits per heavy atom. The highest BCUT2D eigenvalue weighted by Gasteiger charge is 2.42. The van der Waals surface area contributed by atoms with Crippen LogP contribution < -0.4 is 5.73 Å². The Morgan fingerprint density at radius 2 is 1.96 bits per heavy atom. The molecule has 3 atom stereocenters. The first-order valence-corrected chi connectivity index (χ1v) is 8.45. The lowest BCUT2D eigenvalue weighted by Crippen LogP contribution is -2.54. The van der Waals surface area contributed by atoms with Gasteiger partial charge in [0.2, 0.25) is 5.91 Å². The normalized spacial score (nSPS) is 22.7. The Bertz CT molecular complexity index is 612. The monoisotopic (exact) mass is 385 g/mol. The van der Waals surface area contributed by atoms with Crippen molar-refractivity contribution < 1.29 is 24.4 Å². The molecule has 2 amide bonds. The first-order chi connectivity index (χ1) is 12.1. The van der Waals surface area contributed by atoms with Gasteiger partial charge in [0.15, 0.2) is 6.10 Å². The van der Waals surface area contributed by atoms with E-state index >= 15 is 0 Å². The van der Waals surface area contributed by atoms with E-state index in [0.29, 0.717) is 26.0 Å². The van der Waals surface area contributed by atoms with Gasteiger partial charge in [-0.15, -0.1) is 12.4 Å². The number of carbonyl (C=O) groups is 2. The van der Waals surface area contributed by atoms with Crippen molar-refractivity contribution in [1.29, 1.82) is 0 Å². The molecule has 2 heterocycles. The highest BCUT2D eigenvalue weighted by molar-refractivity contribution is 5.88. The van der Waals surface area contributed by atoms with Crippen molar-refractivity contribution in [1.82, 2.24) is 10.1 Å². The minimum absolute atomic E-state index is 0. The number of aliphatic hydroxyl groups is 1. The van der Waals surface area contributed by atoms with Gasteiger partial charge in [0.05, 0.1) is 19.3 Å². The molecule has 0 aromatic heterocycles. The third-order valence-corrected chi connectivity index (χ3v) is 4.51. The zero-order chi connectivity index (χ0) is 17.8. The van der Waals surface area contributed by atoms with Crippen LogP contribution in [0.25, 0.3) is 0 Å². The predicted octanol–water partition coefficient (Wildman–Crippen LogP) is 0.0355. The lowest BCUT2D eigenvalue weighted by Gasteiger charge is -2.32. The molecule has 0 radical (unpaired) electrons. The maximum atomic E-state index is 12.7. The van der Waals surface area contributed by atoms with Crippen molar-refractivity contribution in [2.75, 3.05) is 19.8 Å². The van der Waals surface area contributed by atoms with Crippen molar-refractivity contribution in [3.8, 4) is 0 Å². The Hall–Kier alpha value is -1.71. The fourth-order valence-corrected chi connectivity index (χ4v) is 3.19. The first kappa shape index (κ1) is 20.6. The van der Waals surface area contributed by atoms with Crippen LogP contribution in [0.15, 0.2) is 30.3 Å². The topological polar surface area (TPSA) is 105 Å². The van der Waals surface area contributed by atoms with E-state index in [2.05, 4.69) is 0 Å². The number of halogens is 1. The van der Waals surface area contributed by atoms with E-state index in [1.165, 1.54) is 0 Å². The van der Waals surface area contributed by atoms with Gasteiger partial charge in [-0.2, -0.15) is 5.06 Å². The van der Waals surface area contributed by atoms with E-state index in [0.717, 1.165) is 17.0 Å². The second-order valence-corrected chi connectivity index (χ2v) is 6.23. The molecule has 9 heteroatoms. The smallest absolute Gasteiger partial charge is 0.277 e. The fourth-order valence-electron chi connectivity index (χ4n) is 3.19. The van der Waals surface area contributed by atoms with Gasteiger partial charge in [0.25, 0.3) is 5.91 Å². The summed E-state index contributed by atoms with van der Waals surface area (Å²) in [6.45, 7) is 1.40. The Morgan fingerprint density at radius 3 is 2.58 bits per heavy atom. The van der Waals surface area contributed by atoms with Crippen LogP contribution in [0.3, 0.4) is 0 Å². The number of amides is 2. The standard InChI is InChI=1S/C17H23N3O5.ClH/c18-16(22)13-7-10-25-20(13)17(23)15(21)14(19-8-4-9-24-19)11-12-5-2-1-3-6-12;/h1-3,5-6,13-15,21H,4,7-11H2,(H2,18,22);1H/t13?,14-,15+;/m0./s1. The highest BCUT2D eigenvalue weighted by atomic mass is 35.5. The zero-order valence-corrected chi connectivity index (χ0v) is 15.1. The largest absolute Gasteiger partial charge is 0.381 e. The summed E-state index contributed by atoms with van der Waals surface area (Å²) in [5.74, 6) is -1.31. The van der Waals surface area contributed by atoms with Gasteiger partial charge in [0.1, 0.15) is 6.04 Å². The van der Waals surface area contributed by atoms with Crippen LogP contribution in [0.5, 0.6) is 0 Å². The van der Waals surface area contributed by atoms with Gasteiger partial charge in [-0.25, -0.2) is 5.06 Å². The predicted molar refractivity (Wildman–Crippen MR) is 94.9 cm³/mol. The maximum Gasteiger partial charge on any atom is 0.277 e. The number of nitrogens with two attached hydrogens (primary N) is 1. The summed E-state index contributed by atoms with van der Waals surface area (Å²) >= 11 is 0. The lowest BCUT2D eigenvalue weighted by molar-refractivity contribution is -0.203. The minimum atomic E-state index is -1.39. The molecule has 2 saturated heterocycles. The molecule has 144 valence electrons. The third-order valence-electron chi connectivity index (χ3n) is 4.51. The van der Waals surface area contributed by atoms with Gasteiger partial charge in [0, 0.05) is 13.0 Å². The summed E-state index contributed by atoms with van der Waals surface area (Å²) in [7, 11) is 0. The molecule has 1 unspecified atom stereocenters. The second-order valence-electron chi connectivity index (χ2n) is 6.23. The average Bonchev–Trinajstić information content (AvgIpc) is 3.30. The van der Waals surface area contributed by atoms with Crippen molar-refractivity contribution >= 4 is 24.2 Å². The van der Waals surface area contributed by atoms with Crippen molar-refractivity contribution in [2.45, 2.75) is 37.5 Å². The molecule has 0 bridgehead atoms. The quantitative estimate of drug-likeness (QED) is 0.716. The van der Waals surface area contributed by atoms with Gasteiger partial charge in [-0.1, -0.05) is 30.3 Å². The number of hydrogen-bond acceptors (Lipinski definition) is 6. The van der Waals surface area contributed by atoms with E-state index in [1.807, 2.05) is 30.3 Å². The van der Waals surface area contributed by atoms with E-state index in [9.17, 15) is 14.7 Å². The number of hydrogen-bond donors (Lipinski definition) is 2. The van der Waals surface area contributed by atoms with Crippen LogP contribution in [-0.2, 0) is 25.7 Å². The van der Waals surface area contributed by atoms with Crippen molar-refractivity contribution in [3.63, 3.8) is 0 Å². The summed E-state index contributed by atoms with van der Waals surface area (Å²) < 4.78 is 0. The molecule has 3 rings (SSSR count). The summed E-state index contributed by atoms with van der Waals surface area (Å²) in [4.78, 5) is 35.0. The van der Waals surface area contributed by atoms with Gasteiger partial charge >= 0.3 is 0 Å². The SMILES string of the molecule is Cl.NC(=O)C1CCON1C(=O)[C@H](O)[C@H](Cc1ccccc1)N1CCCO1. The highest BCUT2D eigenvalue weighted by Crippen LogP contribution is 2.22. The molecule has 1 aromatic carbocycles. The first-order valence-electron chi connectivity index (χ1n) is 8.45. The van der Waals surface area contributed by atoms with Crippen LogP contribution in [0, 0.1) is 0 Å². The lowest BCUT2D eigenvalue weighted by atomic mass is 9.99. The number of rotatable bonds is 6. The average molecular weight is 386 g/mol. The van der Waals surface area contributed by atoms with Gasteiger partial charge in [-0.05, 0) is 18.4 Å². The molecular weight excluding hydrogens is 362 g/mol. The number of benzene rings is 1. The van der Waals surface area contributed by atoms with E-state index < -0.39 is 30.0 Å². The van der Waals surface area contributed by atoms with Crippen LogP contribution in [0.1, 0.15) is 18.4 Å². The molecule has 0 spiro atoms. The summed E-state index contributed by atoms with van der Waals surface area (Å²) in [5, 5.41) is 13.3. The summed E-state index contributed by atoms with van der Waals surface area (Å²) in [6, 6.07) is 8.14. The maximum absolute atomic E-state index is 12.7. The fraction of sp³-hybridized carbons (Fsp3) is 0.529. The van der Waals surface area contributed by atoms with Crippen molar-refractivity contribution in [3.05, 3.63) is 35.9 Å². The summed E-state index contributed by atoms with van der Waals surface area (Å²) in [5.41, 5.74) is 6.29. The molecule has 2 fully saturated rings. The van der Waals surface area contributed by atoms with E-state index in [-0.39, 0.29) is 19.0 Å². The molecule has 2 aliphatic rings. The van der Waals surface area contributed by atoms with Gasteiger partial charge in [-0.3, -0.25) is 19.3 Å². The number of nitrogens with zero attached hydrogens (tertiary/aromatic N) is 2. The minimum Gasteiger partial charge on any atom is -0.381 e. The molecule has 3 N–H and O–H groups in total. The number of hydroxylamine groups is 4. The summed E-state index contributed by atoms with van der Waals surface area (Å²) in [6.07, 6.45) is 0.203. The van der Waals surface area contributed by atoms with Crippen LogP contribution >= 0.6 is 12.4 Å². The van der Waals surface area contributed by atoms with Crippen LogP contribution in [-0.4, -0.2) is 65.0 Å². The van der Waals surface area contributed by atoms with Crippen LogP contribution in [0.2, 0.25) is 0 Å². The van der Waals surface area contributed by atoms with Gasteiger partial charge < -0.3 is 10.8 Å². The molecule has 26 heavy (non-hydrogen) atoms. The Labute approximate surface area is 158 Å². The molecule has 0 aliphatic carbocycles. The van der Waals surface area contributed by atoms with E-state index in [4.69, 9.17) is 15.4 Å². The molecular formula is C17H24ClN3O5. The number of carbonyl (C=O) groups excluding carboxylic acids is 2.